The number of sulfonamides is 1. The predicted octanol–water partition coefficient (Wildman–Crippen LogP) is 0.572. The molecule has 6 nitrogen and oxygen atoms in total. The summed E-state index contributed by atoms with van der Waals surface area (Å²) < 4.78 is 26.8. The smallest absolute Gasteiger partial charge is 0.247 e. The molecule has 3 N–H and O–H groups in total. The molecular formula is C10H14BrN3O3S. The Morgan fingerprint density at radius 3 is 3.00 bits per heavy atom. The first-order chi connectivity index (χ1) is 8.46. The Morgan fingerprint density at radius 1 is 1.61 bits per heavy atom. The van der Waals surface area contributed by atoms with Crippen LogP contribution in [0.25, 0.3) is 0 Å². The van der Waals surface area contributed by atoms with Gasteiger partial charge >= 0.3 is 0 Å². The number of rotatable bonds is 3. The summed E-state index contributed by atoms with van der Waals surface area (Å²) in [7, 11) is -3.70. The Morgan fingerprint density at radius 2 is 2.33 bits per heavy atom. The Balaban J connectivity index is 2.45. The van der Waals surface area contributed by atoms with Gasteiger partial charge in [-0.05, 0) is 34.8 Å². The van der Waals surface area contributed by atoms with Crippen LogP contribution in [-0.4, -0.2) is 42.0 Å². The highest BCUT2D eigenvalue weighted by atomic mass is 79.9. The molecule has 1 unspecified atom stereocenters. The largest absolute Gasteiger partial charge is 0.395 e. The second kappa shape index (κ2) is 5.12. The van der Waals surface area contributed by atoms with Gasteiger partial charge < -0.3 is 10.8 Å². The quantitative estimate of drug-likeness (QED) is 0.841. The van der Waals surface area contributed by atoms with Crippen molar-refractivity contribution in [2.24, 2.45) is 0 Å². The lowest BCUT2D eigenvalue weighted by Gasteiger charge is -2.22. The van der Waals surface area contributed by atoms with Crippen molar-refractivity contribution in [1.82, 2.24) is 9.29 Å². The van der Waals surface area contributed by atoms with Crippen molar-refractivity contribution in [2.45, 2.75) is 23.8 Å². The van der Waals surface area contributed by atoms with E-state index < -0.39 is 10.0 Å². The molecule has 0 radical (unpaired) electrons. The standard InChI is InChI=1S/C10H14BrN3O3S/c11-7-4-9(10(12)13-5-7)18(16,17)14-3-1-2-8(14)6-15/h4-5,8,15H,1-3,6H2,(H2,12,13). The lowest BCUT2D eigenvalue weighted by atomic mass is 10.2. The van der Waals surface area contributed by atoms with Crippen molar-refractivity contribution in [2.75, 3.05) is 18.9 Å². The first-order valence-corrected chi connectivity index (χ1v) is 7.74. The van der Waals surface area contributed by atoms with Gasteiger partial charge in [0.15, 0.2) is 0 Å². The molecule has 2 rings (SSSR count). The maximum atomic E-state index is 12.5. The lowest BCUT2D eigenvalue weighted by molar-refractivity contribution is 0.213. The van der Waals surface area contributed by atoms with Gasteiger partial charge in [0.1, 0.15) is 10.7 Å². The van der Waals surface area contributed by atoms with Gasteiger partial charge in [-0.1, -0.05) is 0 Å². The normalized spacial score (nSPS) is 21.3. The number of pyridine rings is 1. The molecule has 8 heteroatoms. The van der Waals surface area contributed by atoms with Crippen molar-refractivity contribution >= 4 is 31.8 Å². The van der Waals surface area contributed by atoms with E-state index in [1.54, 1.807) is 0 Å². The van der Waals surface area contributed by atoms with E-state index in [0.29, 0.717) is 17.4 Å². The van der Waals surface area contributed by atoms with Gasteiger partial charge in [-0.3, -0.25) is 0 Å². The first kappa shape index (κ1) is 13.7. The first-order valence-electron chi connectivity index (χ1n) is 5.50. The molecule has 1 aliphatic rings. The molecule has 0 saturated carbocycles. The minimum atomic E-state index is -3.70. The van der Waals surface area contributed by atoms with Gasteiger partial charge in [-0.25, -0.2) is 13.4 Å². The molecule has 0 amide bonds. The molecule has 0 bridgehead atoms. The number of aromatic nitrogens is 1. The molecule has 1 aromatic heterocycles. The predicted molar refractivity (Wildman–Crippen MR) is 70.3 cm³/mol. The van der Waals surface area contributed by atoms with Crippen molar-refractivity contribution in [3.8, 4) is 0 Å². The van der Waals surface area contributed by atoms with Gasteiger partial charge in [0.2, 0.25) is 10.0 Å². The highest BCUT2D eigenvalue weighted by Crippen LogP contribution is 2.29. The minimum absolute atomic E-state index is 0.0165. The Kier molecular flexibility index (Phi) is 3.90. The van der Waals surface area contributed by atoms with E-state index in [9.17, 15) is 13.5 Å². The molecule has 1 fully saturated rings. The van der Waals surface area contributed by atoms with Crippen LogP contribution in [0.1, 0.15) is 12.8 Å². The summed E-state index contributed by atoms with van der Waals surface area (Å²) in [6.45, 7) is 0.222. The zero-order valence-corrected chi connectivity index (χ0v) is 12.0. The maximum absolute atomic E-state index is 12.5. The Bertz CT molecular complexity index is 549. The van der Waals surface area contributed by atoms with Crippen LogP contribution in [-0.2, 0) is 10.0 Å². The minimum Gasteiger partial charge on any atom is -0.395 e. The number of halogens is 1. The fourth-order valence-corrected chi connectivity index (χ4v) is 4.33. The summed E-state index contributed by atoms with van der Waals surface area (Å²) in [4.78, 5) is 3.81. The molecule has 100 valence electrons. The van der Waals surface area contributed by atoms with Crippen LogP contribution in [0.15, 0.2) is 21.6 Å². The van der Waals surface area contributed by atoms with E-state index in [2.05, 4.69) is 20.9 Å². The average Bonchev–Trinajstić information content (AvgIpc) is 2.81. The number of nitrogens with two attached hydrogens (primary N) is 1. The van der Waals surface area contributed by atoms with Gasteiger partial charge in [-0.2, -0.15) is 4.31 Å². The summed E-state index contributed by atoms with van der Waals surface area (Å²) in [5, 5.41) is 9.21. The van der Waals surface area contributed by atoms with Crippen LogP contribution in [0.2, 0.25) is 0 Å². The van der Waals surface area contributed by atoms with E-state index in [0.717, 1.165) is 6.42 Å². The number of anilines is 1. The van der Waals surface area contributed by atoms with E-state index in [1.807, 2.05) is 0 Å². The Labute approximate surface area is 114 Å². The number of hydrogen-bond donors (Lipinski definition) is 2. The molecule has 1 atom stereocenters. The summed E-state index contributed by atoms with van der Waals surface area (Å²) in [5.74, 6) is -0.0261. The summed E-state index contributed by atoms with van der Waals surface area (Å²) in [6, 6.07) is 1.07. The highest BCUT2D eigenvalue weighted by molar-refractivity contribution is 9.10. The van der Waals surface area contributed by atoms with Crippen molar-refractivity contribution in [1.29, 1.82) is 0 Å². The zero-order chi connectivity index (χ0) is 13.3. The fourth-order valence-electron chi connectivity index (χ4n) is 2.07. The molecule has 1 aromatic rings. The summed E-state index contributed by atoms with van der Waals surface area (Å²) in [6.07, 6.45) is 2.85. The van der Waals surface area contributed by atoms with Crippen LogP contribution in [0, 0.1) is 0 Å². The topological polar surface area (TPSA) is 96.5 Å². The van der Waals surface area contributed by atoms with Gasteiger partial charge in [0.25, 0.3) is 0 Å². The average molecular weight is 336 g/mol. The molecule has 2 heterocycles. The molecule has 0 aromatic carbocycles. The Hall–Kier alpha value is -0.700. The third-order valence-corrected chi connectivity index (χ3v) is 5.38. The second-order valence-electron chi connectivity index (χ2n) is 4.13. The van der Waals surface area contributed by atoms with Crippen molar-refractivity contribution in [3.63, 3.8) is 0 Å². The molecule has 0 spiro atoms. The van der Waals surface area contributed by atoms with Crippen LogP contribution in [0.5, 0.6) is 0 Å². The van der Waals surface area contributed by atoms with Gasteiger partial charge in [0, 0.05) is 23.3 Å². The number of aliphatic hydroxyl groups is 1. The van der Waals surface area contributed by atoms with E-state index >= 15 is 0 Å². The van der Waals surface area contributed by atoms with Crippen LogP contribution in [0.3, 0.4) is 0 Å². The summed E-state index contributed by atoms with van der Waals surface area (Å²) >= 11 is 3.18. The van der Waals surface area contributed by atoms with Crippen LogP contribution in [0.4, 0.5) is 5.82 Å². The molecule has 1 saturated heterocycles. The maximum Gasteiger partial charge on any atom is 0.247 e. The van der Waals surface area contributed by atoms with Gasteiger partial charge in [-0.15, -0.1) is 0 Å². The van der Waals surface area contributed by atoms with Crippen molar-refractivity contribution in [3.05, 3.63) is 16.7 Å². The molecule has 1 aliphatic heterocycles. The van der Waals surface area contributed by atoms with E-state index in [1.165, 1.54) is 16.6 Å². The lowest BCUT2D eigenvalue weighted by Crippen LogP contribution is -2.38. The molecule has 0 aliphatic carbocycles. The zero-order valence-electron chi connectivity index (χ0n) is 9.58. The molecular weight excluding hydrogens is 322 g/mol. The second-order valence-corrected chi connectivity index (χ2v) is 6.91. The third kappa shape index (κ3) is 2.37. The number of aliphatic hydroxyl groups excluding tert-OH is 1. The van der Waals surface area contributed by atoms with Crippen LogP contribution < -0.4 is 5.73 Å². The van der Waals surface area contributed by atoms with Crippen molar-refractivity contribution < 1.29 is 13.5 Å². The molecule has 18 heavy (non-hydrogen) atoms. The third-order valence-electron chi connectivity index (χ3n) is 2.97. The fraction of sp³-hybridized carbons (Fsp3) is 0.500. The SMILES string of the molecule is Nc1ncc(Br)cc1S(=O)(=O)N1CCCC1CO. The summed E-state index contributed by atoms with van der Waals surface area (Å²) in [5.41, 5.74) is 5.63. The van der Waals surface area contributed by atoms with Gasteiger partial charge in [0.05, 0.1) is 6.61 Å². The number of nitrogen functional groups attached to an aromatic ring is 1. The highest BCUT2D eigenvalue weighted by Gasteiger charge is 2.36. The monoisotopic (exact) mass is 335 g/mol. The number of hydrogen-bond acceptors (Lipinski definition) is 5. The van der Waals surface area contributed by atoms with E-state index in [4.69, 9.17) is 5.73 Å². The van der Waals surface area contributed by atoms with E-state index in [-0.39, 0.29) is 23.4 Å². The van der Waals surface area contributed by atoms with Crippen LogP contribution >= 0.6 is 15.9 Å². The number of nitrogens with zero attached hydrogens (tertiary/aromatic N) is 2.